The molecule has 1 unspecified atom stereocenters. The number of carbonyl (C=O) groups is 2. The minimum absolute atomic E-state index is 0.000374. The maximum atomic E-state index is 13.6. The average Bonchev–Trinajstić information content (AvgIpc) is 3.07. The number of anilines is 1. The van der Waals surface area contributed by atoms with E-state index < -0.39 is 33.7 Å². The van der Waals surface area contributed by atoms with Crippen molar-refractivity contribution in [1.29, 1.82) is 0 Å². The molecule has 0 radical (unpaired) electrons. The van der Waals surface area contributed by atoms with Gasteiger partial charge in [0.2, 0.25) is 15.9 Å². The van der Waals surface area contributed by atoms with Crippen molar-refractivity contribution < 1.29 is 22.4 Å². The van der Waals surface area contributed by atoms with E-state index in [2.05, 4.69) is 0 Å². The maximum absolute atomic E-state index is 13.6. The molecule has 170 valence electrons. The van der Waals surface area contributed by atoms with Crippen LogP contribution in [0.15, 0.2) is 77.7 Å². The lowest BCUT2D eigenvalue weighted by molar-refractivity contribution is -0.122. The van der Waals surface area contributed by atoms with Crippen LogP contribution in [0.2, 0.25) is 5.02 Å². The van der Waals surface area contributed by atoms with Gasteiger partial charge in [-0.2, -0.15) is 4.31 Å². The summed E-state index contributed by atoms with van der Waals surface area (Å²) in [5, 5.41) is 0.439. The summed E-state index contributed by atoms with van der Waals surface area (Å²) in [6.45, 7) is 1.63. The summed E-state index contributed by atoms with van der Waals surface area (Å²) in [5.74, 6) is -1.64. The highest BCUT2D eigenvalue weighted by molar-refractivity contribution is 7.89. The minimum atomic E-state index is -4.16. The van der Waals surface area contributed by atoms with E-state index in [4.69, 9.17) is 11.6 Å². The molecule has 6 nitrogen and oxygen atoms in total. The van der Waals surface area contributed by atoms with Crippen molar-refractivity contribution in [2.24, 2.45) is 0 Å². The number of sulfonamides is 1. The number of imide groups is 1. The molecule has 0 aliphatic carbocycles. The number of halogens is 2. The van der Waals surface area contributed by atoms with Crippen LogP contribution in [-0.4, -0.2) is 30.6 Å². The Bertz CT molecular complexity index is 1290. The third-order valence-electron chi connectivity index (χ3n) is 5.43. The highest BCUT2D eigenvalue weighted by Crippen LogP contribution is 2.31. The number of hydrogen-bond donors (Lipinski definition) is 0. The molecular weight excluding hydrogens is 467 g/mol. The molecule has 3 aromatic carbocycles. The van der Waals surface area contributed by atoms with Crippen LogP contribution in [0, 0.1) is 12.7 Å². The molecule has 1 aliphatic heterocycles. The third-order valence-corrected chi connectivity index (χ3v) is 7.56. The van der Waals surface area contributed by atoms with Crippen LogP contribution in [0.1, 0.15) is 17.5 Å². The Labute approximate surface area is 196 Å². The van der Waals surface area contributed by atoms with Crippen molar-refractivity contribution in [2.75, 3.05) is 4.90 Å². The second kappa shape index (κ2) is 9.05. The molecule has 0 N–H and O–H groups in total. The van der Waals surface area contributed by atoms with Crippen LogP contribution in [-0.2, 0) is 26.2 Å². The van der Waals surface area contributed by atoms with E-state index in [1.807, 2.05) is 6.92 Å². The highest BCUT2D eigenvalue weighted by atomic mass is 35.5. The zero-order chi connectivity index (χ0) is 23.8. The molecule has 4 rings (SSSR count). The molecule has 0 bridgehead atoms. The Morgan fingerprint density at radius 3 is 2.18 bits per heavy atom. The number of hydrogen-bond acceptors (Lipinski definition) is 4. The molecular formula is C24H20ClFN2O4S. The van der Waals surface area contributed by atoms with E-state index in [0.29, 0.717) is 16.3 Å². The van der Waals surface area contributed by atoms with Gasteiger partial charge in [-0.1, -0.05) is 41.4 Å². The summed E-state index contributed by atoms with van der Waals surface area (Å²) in [5.41, 5.74) is 1.67. The third kappa shape index (κ3) is 4.68. The summed E-state index contributed by atoms with van der Waals surface area (Å²) in [7, 11) is -4.16. The minimum Gasteiger partial charge on any atom is -0.274 e. The van der Waals surface area contributed by atoms with Crippen molar-refractivity contribution in [1.82, 2.24) is 4.31 Å². The Hall–Kier alpha value is -3.07. The molecule has 0 saturated carbocycles. The van der Waals surface area contributed by atoms with Gasteiger partial charge in [0.05, 0.1) is 17.0 Å². The Kier molecular flexibility index (Phi) is 6.34. The lowest BCUT2D eigenvalue weighted by atomic mass is 10.2. The molecule has 1 atom stereocenters. The molecule has 1 heterocycles. The summed E-state index contributed by atoms with van der Waals surface area (Å²) >= 11 is 5.91. The Balaban J connectivity index is 1.74. The van der Waals surface area contributed by atoms with Gasteiger partial charge in [0.15, 0.2) is 0 Å². The zero-order valence-corrected chi connectivity index (χ0v) is 19.2. The number of carbonyl (C=O) groups excluding carboxylic acids is 2. The fraction of sp³-hybridized carbons (Fsp3) is 0.167. The Morgan fingerprint density at radius 2 is 1.58 bits per heavy atom. The molecule has 2 amide bonds. The van der Waals surface area contributed by atoms with Crippen LogP contribution in [0.3, 0.4) is 0 Å². The van der Waals surface area contributed by atoms with Gasteiger partial charge in [-0.3, -0.25) is 9.59 Å². The summed E-state index contributed by atoms with van der Waals surface area (Å²) < 4.78 is 41.6. The molecule has 33 heavy (non-hydrogen) atoms. The molecule has 0 spiro atoms. The molecule has 0 aromatic heterocycles. The van der Waals surface area contributed by atoms with Crippen molar-refractivity contribution in [3.8, 4) is 0 Å². The van der Waals surface area contributed by atoms with Gasteiger partial charge in [0.1, 0.15) is 11.9 Å². The summed E-state index contributed by atoms with van der Waals surface area (Å²) in [6.07, 6.45) is -0.312. The van der Waals surface area contributed by atoms with E-state index in [1.54, 1.807) is 24.3 Å². The summed E-state index contributed by atoms with van der Waals surface area (Å²) in [4.78, 5) is 27.1. The fourth-order valence-electron chi connectivity index (χ4n) is 3.68. The van der Waals surface area contributed by atoms with Crippen molar-refractivity contribution in [3.63, 3.8) is 0 Å². The zero-order valence-electron chi connectivity index (χ0n) is 17.6. The second-order valence-electron chi connectivity index (χ2n) is 7.75. The average molecular weight is 487 g/mol. The van der Waals surface area contributed by atoms with Gasteiger partial charge in [0.25, 0.3) is 5.91 Å². The molecule has 1 aliphatic rings. The van der Waals surface area contributed by atoms with Crippen molar-refractivity contribution >= 4 is 39.1 Å². The van der Waals surface area contributed by atoms with Gasteiger partial charge >= 0.3 is 0 Å². The van der Waals surface area contributed by atoms with Gasteiger partial charge in [0, 0.05) is 11.6 Å². The predicted octanol–water partition coefficient (Wildman–Crippen LogP) is 4.31. The number of amides is 2. The van der Waals surface area contributed by atoms with Gasteiger partial charge in [-0.15, -0.1) is 0 Å². The van der Waals surface area contributed by atoms with Gasteiger partial charge in [-0.05, 0) is 61.0 Å². The standard InChI is InChI=1S/C24H20ClFN2O4S/c1-16-2-12-21(13-3-16)33(31,32)27(15-17-4-8-19(26)9-5-17)22-14-23(29)28(24(22)30)20-10-6-18(25)7-11-20/h2-13,22H,14-15H2,1H3. The predicted molar refractivity (Wildman–Crippen MR) is 123 cm³/mol. The van der Waals surface area contributed by atoms with Crippen molar-refractivity contribution in [2.45, 2.75) is 30.8 Å². The first-order chi connectivity index (χ1) is 15.7. The monoisotopic (exact) mass is 486 g/mol. The summed E-state index contributed by atoms with van der Waals surface area (Å²) in [6, 6.07) is 16.5. The van der Waals surface area contributed by atoms with Crippen LogP contribution in [0.5, 0.6) is 0 Å². The van der Waals surface area contributed by atoms with Crippen LogP contribution < -0.4 is 4.90 Å². The number of rotatable bonds is 6. The smallest absolute Gasteiger partial charge is 0.252 e. The number of benzene rings is 3. The van der Waals surface area contributed by atoms with Crippen LogP contribution in [0.4, 0.5) is 10.1 Å². The maximum Gasteiger partial charge on any atom is 0.252 e. The second-order valence-corrected chi connectivity index (χ2v) is 10.1. The number of nitrogens with zero attached hydrogens (tertiary/aromatic N) is 2. The molecule has 9 heteroatoms. The van der Waals surface area contributed by atoms with E-state index in [-0.39, 0.29) is 17.9 Å². The molecule has 1 fully saturated rings. The first-order valence-corrected chi connectivity index (χ1v) is 11.9. The van der Waals surface area contributed by atoms with Crippen molar-refractivity contribution in [3.05, 3.63) is 94.8 Å². The first kappa shape index (κ1) is 23.1. The fourth-order valence-corrected chi connectivity index (χ4v) is 5.38. The largest absolute Gasteiger partial charge is 0.274 e. The van der Waals surface area contributed by atoms with E-state index in [9.17, 15) is 22.4 Å². The normalized spacial score (nSPS) is 16.6. The quantitative estimate of drug-likeness (QED) is 0.486. The van der Waals surface area contributed by atoms with E-state index in [1.165, 1.54) is 48.5 Å². The first-order valence-electron chi connectivity index (χ1n) is 10.1. The van der Waals surface area contributed by atoms with Gasteiger partial charge < -0.3 is 0 Å². The lowest BCUT2D eigenvalue weighted by Crippen LogP contribution is -2.45. The SMILES string of the molecule is Cc1ccc(S(=O)(=O)N(Cc2ccc(F)cc2)C2CC(=O)N(c3ccc(Cl)cc3)C2=O)cc1. The van der Waals surface area contributed by atoms with E-state index in [0.717, 1.165) is 14.8 Å². The van der Waals surface area contributed by atoms with E-state index >= 15 is 0 Å². The van der Waals surface area contributed by atoms with Gasteiger partial charge in [-0.25, -0.2) is 17.7 Å². The topological polar surface area (TPSA) is 74.8 Å². The molecule has 1 saturated heterocycles. The Morgan fingerprint density at radius 1 is 0.970 bits per heavy atom. The lowest BCUT2D eigenvalue weighted by Gasteiger charge is -2.27. The highest BCUT2D eigenvalue weighted by Gasteiger charge is 2.47. The van der Waals surface area contributed by atoms with Crippen LogP contribution >= 0.6 is 11.6 Å². The number of aryl methyl sites for hydroxylation is 1. The molecule has 3 aromatic rings. The van der Waals surface area contributed by atoms with Crippen LogP contribution in [0.25, 0.3) is 0 Å².